The van der Waals surface area contributed by atoms with Crippen molar-refractivity contribution in [3.63, 3.8) is 0 Å². The Morgan fingerprint density at radius 3 is 2.93 bits per heavy atom. The summed E-state index contributed by atoms with van der Waals surface area (Å²) in [6.45, 7) is 1.44. The smallest absolute Gasteiger partial charge is 0.242 e. The van der Waals surface area contributed by atoms with Crippen LogP contribution in [0.5, 0.6) is 0 Å². The number of amides is 1. The summed E-state index contributed by atoms with van der Waals surface area (Å²) in [6, 6.07) is 11.5. The molecule has 5 rings (SSSR count). The molecule has 3 aromatic heterocycles. The van der Waals surface area contributed by atoms with Crippen molar-refractivity contribution < 1.29 is 9.32 Å². The van der Waals surface area contributed by atoms with Crippen LogP contribution in [0, 0.1) is 0 Å². The maximum atomic E-state index is 12.5. The summed E-state index contributed by atoms with van der Waals surface area (Å²) in [7, 11) is 0. The Balaban J connectivity index is 1.23. The molecular formula is C19H16N6O2. The molecular weight excluding hydrogens is 344 g/mol. The predicted molar refractivity (Wildman–Crippen MR) is 96.6 cm³/mol. The Hall–Kier alpha value is -3.55. The number of rotatable bonds is 4. The van der Waals surface area contributed by atoms with E-state index >= 15 is 0 Å². The first-order valence-electron chi connectivity index (χ1n) is 8.69. The number of fused-ring (bicyclic) bond motifs is 1. The second-order valence-corrected chi connectivity index (χ2v) is 6.55. The summed E-state index contributed by atoms with van der Waals surface area (Å²) in [6.07, 6.45) is 5.10. The molecule has 0 N–H and O–H groups in total. The molecule has 1 aliphatic rings. The van der Waals surface area contributed by atoms with E-state index in [0.717, 1.165) is 16.6 Å². The first-order chi connectivity index (χ1) is 13.3. The molecule has 0 atom stereocenters. The number of carbonyl (C=O) groups excluding carboxylic acids is 1. The summed E-state index contributed by atoms with van der Waals surface area (Å²) >= 11 is 0. The van der Waals surface area contributed by atoms with Gasteiger partial charge in [0.15, 0.2) is 0 Å². The molecule has 1 saturated heterocycles. The van der Waals surface area contributed by atoms with Crippen LogP contribution in [0.2, 0.25) is 0 Å². The Kier molecular flexibility index (Phi) is 3.67. The number of imidazole rings is 1. The Morgan fingerprint density at radius 1 is 1.19 bits per heavy atom. The van der Waals surface area contributed by atoms with Crippen LogP contribution in [0.1, 0.15) is 11.8 Å². The van der Waals surface area contributed by atoms with Crippen LogP contribution < -0.4 is 0 Å². The van der Waals surface area contributed by atoms with E-state index in [9.17, 15) is 4.79 Å². The minimum Gasteiger partial charge on any atom is -0.339 e. The molecule has 0 aliphatic carbocycles. The molecule has 27 heavy (non-hydrogen) atoms. The quantitative estimate of drug-likeness (QED) is 0.554. The molecule has 8 heteroatoms. The number of likely N-dealkylation sites (tertiary alicyclic amines) is 1. The van der Waals surface area contributed by atoms with Gasteiger partial charge in [-0.2, -0.15) is 4.98 Å². The number of hydrogen-bond donors (Lipinski definition) is 0. The number of pyridine rings is 1. The van der Waals surface area contributed by atoms with Crippen molar-refractivity contribution in [2.24, 2.45) is 0 Å². The minimum absolute atomic E-state index is 0.0569. The molecule has 4 aromatic rings. The van der Waals surface area contributed by atoms with Crippen LogP contribution in [-0.4, -0.2) is 48.6 Å². The molecule has 134 valence electrons. The van der Waals surface area contributed by atoms with Crippen molar-refractivity contribution in [1.82, 2.24) is 29.6 Å². The number of nitrogens with zero attached hydrogens (tertiary/aromatic N) is 6. The largest absolute Gasteiger partial charge is 0.339 e. The zero-order chi connectivity index (χ0) is 18.2. The van der Waals surface area contributed by atoms with E-state index in [4.69, 9.17) is 4.52 Å². The van der Waals surface area contributed by atoms with E-state index in [1.807, 2.05) is 41.0 Å². The Bertz CT molecular complexity index is 1100. The summed E-state index contributed by atoms with van der Waals surface area (Å²) < 4.78 is 7.25. The number of aromatic nitrogens is 5. The number of hydrogen-bond acceptors (Lipinski definition) is 6. The molecule has 0 saturated carbocycles. The lowest BCUT2D eigenvalue weighted by Crippen LogP contribution is -2.49. The van der Waals surface area contributed by atoms with Crippen LogP contribution in [0.25, 0.3) is 22.4 Å². The second kappa shape index (κ2) is 6.31. The highest BCUT2D eigenvalue weighted by Crippen LogP contribution is 2.28. The fourth-order valence-corrected chi connectivity index (χ4v) is 3.23. The van der Waals surface area contributed by atoms with Crippen molar-refractivity contribution in [2.75, 3.05) is 13.1 Å². The normalized spacial score (nSPS) is 14.4. The van der Waals surface area contributed by atoms with Crippen LogP contribution in [0.4, 0.5) is 0 Å². The summed E-state index contributed by atoms with van der Waals surface area (Å²) in [4.78, 5) is 27.2. The molecule has 1 aliphatic heterocycles. The lowest BCUT2D eigenvalue weighted by molar-refractivity contribution is -0.136. The van der Waals surface area contributed by atoms with Gasteiger partial charge in [-0.3, -0.25) is 9.78 Å². The van der Waals surface area contributed by atoms with E-state index < -0.39 is 0 Å². The maximum Gasteiger partial charge on any atom is 0.242 e. The van der Waals surface area contributed by atoms with E-state index in [0.29, 0.717) is 24.8 Å². The first kappa shape index (κ1) is 15.7. The minimum atomic E-state index is 0.0569. The summed E-state index contributed by atoms with van der Waals surface area (Å²) in [5.41, 5.74) is 2.66. The highest BCUT2D eigenvalue weighted by atomic mass is 16.5. The average molecular weight is 360 g/mol. The SMILES string of the molecule is O=C(Cn1cnc2ccccc21)N1CC(c2nc(-c3cccnc3)no2)C1. The zero-order valence-corrected chi connectivity index (χ0v) is 14.4. The van der Waals surface area contributed by atoms with Gasteiger partial charge in [-0.05, 0) is 24.3 Å². The summed E-state index contributed by atoms with van der Waals surface area (Å²) in [5, 5.41) is 4.01. The lowest BCUT2D eigenvalue weighted by Gasteiger charge is -2.37. The average Bonchev–Trinajstić information content (AvgIpc) is 3.29. The van der Waals surface area contributed by atoms with Gasteiger partial charge >= 0.3 is 0 Å². The topological polar surface area (TPSA) is 89.9 Å². The van der Waals surface area contributed by atoms with Crippen molar-refractivity contribution in [3.05, 3.63) is 61.0 Å². The van der Waals surface area contributed by atoms with Gasteiger partial charge in [0, 0.05) is 31.0 Å². The number of carbonyl (C=O) groups is 1. The van der Waals surface area contributed by atoms with E-state index in [1.54, 1.807) is 23.6 Å². The van der Waals surface area contributed by atoms with Crippen LogP contribution in [-0.2, 0) is 11.3 Å². The predicted octanol–water partition coefficient (Wildman–Crippen LogP) is 2.11. The van der Waals surface area contributed by atoms with Crippen molar-refractivity contribution >= 4 is 16.9 Å². The van der Waals surface area contributed by atoms with Crippen molar-refractivity contribution in [2.45, 2.75) is 12.5 Å². The van der Waals surface area contributed by atoms with E-state index in [1.165, 1.54) is 0 Å². The number of benzene rings is 1. The third-order valence-corrected chi connectivity index (χ3v) is 4.78. The Morgan fingerprint density at radius 2 is 2.07 bits per heavy atom. The van der Waals surface area contributed by atoms with Gasteiger partial charge < -0.3 is 14.0 Å². The van der Waals surface area contributed by atoms with Crippen molar-refractivity contribution in [3.8, 4) is 11.4 Å². The Labute approximate surface area is 154 Å². The standard InChI is InChI=1S/C19H16N6O2/c26-17(11-25-12-21-15-5-1-2-6-16(15)25)24-9-14(10-24)19-22-18(23-27-19)13-4-3-7-20-8-13/h1-8,12,14H,9-11H2. The first-order valence-corrected chi connectivity index (χ1v) is 8.69. The van der Waals surface area contributed by atoms with Gasteiger partial charge in [0.2, 0.25) is 17.6 Å². The van der Waals surface area contributed by atoms with Gasteiger partial charge in [0.1, 0.15) is 6.54 Å². The second-order valence-electron chi connectivity index (χ2n) is 6.55. The summed E-state index contributed by atoms with van der Waals surface area (Å²) in [5.74, 6) is 1.21. The van der Waals surface area contributed by atoms with Gasteiger partial charge in [-0.15, -0.1) is 0 Å². The number of para-hydroxylation sites is 2. The molecule has 1 amide bonds. The fourth-order valence-electron chi connectivity index (χ4n) is 3.23. The third kappa shape index (κ3) is 2.84. The zero-order valence-electron chi connectivity index (χ0n) is 14.4. The van der Waals surface area contributed by atoms with E-state index in [2.05, 4.69) is 20.1 Å². The molecule has 4 heterocycles. The lowest BCUT2D eigenvalue weighted by atomic mass is 10.00. The monoisotopic (exact) mass is 360 g/mol. The molecule has 0 radical (unpaired) electrons. The molecule has 0 spiro atoms. The highest BCUT2D eigenvalue weighted by Gasteiger charge is 2.35. The third-order valence-electron chi connectivity index (χ3n) is 4.78. The van der Waals surface area contributed by atoms with Gasteiger partial charge in [-0.25, -0.2) is 4.98 Å². The van der Waals surface area contributed by atoms with Crippen LogP contribution in [0.15, 0.2) is 59.6 Å². The van der Waals surface area contributed by atoms with Crippen molar-refractivity contribution in [1.29, 1.82) is 0 Å². The van der Waals surface area contributed by atoms with Crippen LogP contribution in [0.3, 0.4) is 0 Å². The molecule has 8 nitrogen and oxygen atoms in total. The maximum absolute atomic E-state index is 12.5. The van der Waals surface area contributed by atoms with Gasteiger partial charge in [0.25, 0.3) is 0 Å². The molecule has 0 bridgehead atoms. The van der Waals surface area contributed by atoms with E-state index in [-0.39, 0.29) is 18.4 Å². The fraction of sp³-hybridized carbons (Fsp3) is 0.211. The molecule has 0 unspecified atom stereocenters. The highest BCUT2D eigenvalue weighted by molar-refractivity contribution is 5.81. The molecule has 1 aromatic carbocycles. The van der Waals surface area contributed by atoms with Gasteiger partial charge in [-0.1, -0.05) is 17.3 Å². The molecule has 1 fully saturated rings. The van der Waals surface area contributed by atoms with Crippen LogP contribution >= 0.6 is 0 Å². The van der Waals surface area contributed by atoms with Gasteiger partial charge in [0.05, 0.1) is 23.3 Å².